The summed E-state index contributed by atoms with van der Waals surface area (Å²) in [6, 6.07) is 12.4. The van der Waals surface area contributed by atoms with Crippen LogP contribution in [0.5, 0.6) is 0 Å². The Morgan fingerprint density at radius 3 is 2.25 bits per heavy atom. The van der Waals surface area contributed by atoms with E-state index in [0.717, 1.165) is 11.3 Å². The molecule has 2 rings (SSSR count). The van der Waals surface area contributed by atoms with E-state index in [9.17, 15) is 0 Å². The molecule has 2 aromatic rings. The van der Waals surface area contributed by atoms with Crippen molar-refractivity contribution in [2.75, 3.05) is 0 Å². The Balaban J connectivity index is 2.16. The highest BCUT2D eigenvalue weighted by molar-refractivity contribution is 6.35. The van der Waals surface area contributed by atoms with Gasteiger partial charge in [0, 0.05) is 15.1 Å². The average Bonchev–Trinajstić information content (AvgIpc) is 2.40. The van der Waals surface area contributed by atoms with Crippen LogP contribution in [0.2, 0.25) is 15.1 Å². The first kappa shape index (κ1) is 14.9. The molecule has 0 heterocycles. The third-order valence-corrected chi connectivity index (χ3v) is 3.30. The zero-order chi connectivity index (χ0) is 14.5. The molecule has 0 aliphatic rings. The van der Waals surface area contributed by atoms with E-state index >= 15 is 0 Å². The second-order valence-electron chi connectivity index (χ2n) is 4.01. The van der Waals surface area contributed by atoms with Crippen LogP contribution in [0.15, 0.2) is 53.5 Å². The zero-order valence-corrected chi connectivity index (χ0v) is 12.6. The topological polar surface area (TPSA) is 38.4 Å². The van der Waals surface area contributed by atoms with E-state index in [-0.39, 0.29) is 0 Å². The van der Waals surface area contributed by atoms with Gasteiger partial charge in [-0.1, -0.05) is 40.9 Å². The molecule has 20 heavy (non-hydrogen) atoms. The predicted molar refractivity (Wildman–Crippen MR) is 88.2 cm³/mol. The second-order valence-corrected chi connectivity index (χ2v) is 5.29. The minimum Gasteiger partial charge on any atom is -0.384 e. The van der Waals surface area contributed by atoms with Crippen LogP contribution >= 0.6 is 34.8 Å². The number of amidine groups is 1. The number of hydrogen-bond acceptors (Lipinski definition) is 1. The van der Waals surface area contributed by atoms with Crippen molar-refractivity contribution in [2.24, 2.45) is 10.7 Å². The Morgan fingerprint density at radius 1 is 0.950 bits per heavy atom. The van der Waals surface area contributed by atoms with Crippen molar-refractivity contribution in [2.45, 2.75) is 0 Å². The van der Waals surface area contributed by atoms with E-state index in [4.69, 9.17) is 40.5 Å². The van der Waals surface area contributed by atoms with Crippen LogP contribution in [-0.2, 0) is 0 Å². The molecule has 2 N–H and O–H groups in total. The van der Waals surface area contributed by atoms with Crippen LogP contribution in [0, 0.1) is 0 Å². The first-order chi connectivity index (χ1) is 9.54. The third kappa shape index (κ3) is 4.27. The fourth-order valence-electron chi connectivity index (χ4n) is 1.51. The molecule has 0 aromatic heterocycles. The summed E-state index contributed by atoms with van der Waals surface area (Å²) < 4.78 is 0. The Hall–Kier alpha value is -1.48. The van der Waals surface area contributed by atoms with Gasteiger partial charge >= 0.3 is 0 Å². The minimum absolute atomic E-state index is 0.373. The van der Waals surface area contributed by atoms with Crippen LogP contribution in [-0.4, -0.2) is 5.84 Å². The highest BCUT2D eigenvalue weighted by Crippen LogP contribution is 2.22. The summed E-state index contributed by atoms with van der Waals surface area (Å²) in [5.74, 6) is 0.373. The molecule has 0 saturated carbocycles. The van der Waals surface area contributed by atoms with E-state index in [1.807, 2.05) is 6.07 Å². The molecule has 5 heteroatoms. The first-order valence-corrected chi connectivity index (χ1v) is 6.91. The summed E-state index contributed by atoms with van der Waals surface area (Å²) in [5, 5.41) is 1.81. The normalized spacial score (nSPS) is 12.1. The molecule has 2 nitrogen and oxygen atoms in total. The van der Waals surface area contributed by atoms with Crippen LogP contribution in [0.1, 0.15) is 5.56 Å². The van der Waals surface area contributed by atoms with Crippen LogP contribution < -0.4 is 5.73 Å². The summed E-state index contributed by atoms with van der Waals surface area (Å²) in [6.45, 7) is 0. The van der Waals surface area contributed by atoms with Crippen LogP contribution in [0.4, 0.5) is 5.69 Å². The lowest BCUT2D eigenvalue weighted by atomic mass is 10.2. The van der Waals surface area contributed by atoms with Gasteiger partial charge in [-0.2, -0.15) is 0 Å². The van der Waals surface area contributed by atoms with Crippen molar-refractivity contribution >= 4 is 52.4 Å². The van der Waals surface area contributed by atoms with Crippen LogP contribution in [0.25, 0.3) is 6.08 Å². The van der Waals surface area contributed by atoms with E-state index in [1.54, 1.807) is 48.6 Å². The Labute approximate surface area is 132 Å². The summed E-state index contributed by atoms with van der Waals surface area (Å²) >= 11 is 17.7. The molecule has 102 valence electrons. The molecule has 2 aromatic carbocycles. The monoisotopic (exact) mass is 324 g/mol. The van der Waals surface area contributed by atoms with Crippen molar-refractivity contribution in [1.82, 2.24) is 0 Å². The maximum atomic E-state index is 6.06. The maximum absolute atomic E-state index is 6.06. The SMILES string of the molecule is NC(/C=C/c1ccc(Cl)cc1Cl)=Nc1ccc(Cl)cc1. The van der Waals surface area contributed by atoms with Crippen LogP contribution in [0.3, 0.4) is 0 Å². The number of hydrogen-bond donors (Lipinski definition) is 1. The molecule has 0 spiro atoms. The number of nitrogens with two attached hydrogens (primary N) is 1. The largest absolute Gasteiger partial charge is 0.384 e. The zero-order valence-electron chi connectivity index (χ0n) is 10.4. The predicted octanol–water partition coefficient (Wildman–Crippen LogP) is 5.35. The van der Waals surface area contributed by atoms with Crippen molar-refractivity contribution in [3.05, 3.63) is 69.2 Å². The molecule has 0 radical (unpaired) electrons. The van der Waals surface area contributed by atoms with Gasteiger partial charge in [0.15, 0.2) is 0 Å². The lowest BCUT2D eigenvalue weighted by Crippen LogP contribution is -2.06. The summed E-state index contributed by atoms with van der Waals surface area (Å²) in [7, 11) is 0. The number of benzene rings is 2. The van der Waals surface area contributed by atoms with Gasteiger partial charge in [0.2, 0.25) is 0 Å². The number of aliphatic imine (C=N–C) groups is 1. The highest BCUT2D eigenvalue weighted by Gasteiger charge is 1.97. The standard InChI is InChI=1S/C15H11Cl3N2/c16-11-4-6-13(7-5-11)20-15(19)8-2-10-1-3-12(17)9-14(10)18/h1-9H,(H2,19,20)/b8-2+. The van der Waals surface area contributed by atoms with Gasteiger partial charge in [0.05, 0.1) is 5.69 Å². The fourth-order valence-corrected chi connectivity index (χ4v) is 2.11. The molecule has 0 aliphatic heterocycles. The molecule has 0 amide bonds. The minimum atomic E-state index is 0.373. The molecular formula is C15H11Cl3N2. The quantitative estimate of drug-likeness (QED) is 0.599. The Bertz CT molecular complexity index is 661. The number of nitrogens with zero attached hydrogens (tertiary/aromatic N) is 1. The lowest BCUT2D eigenvalue weighted by Gasteiger charge is -1.99. The fraction of sp³-hybridized carbons (Fsp3) is 0. The van der Waals surface area contributed by atoms with Gasteiger partial charge in [0.1, 0.15) is 5.84 Å². The van der Waals surface area contributed by atoms with E-state index in [1.165, 1.54) is 0 Å². The smallest absolute Gasteiger partial charge is 0.124 e. The number of halogens is 3. The number of rotatable bonds is 3. The third-order valence-electron chi connectivity index (χ3n) is 2.48. The first-order valence-electron chi connectivity index (χ1n) is 5.77. The van der Waals surface area contributed by atoms with Gasteiger partial charge in [-0.25, -0.2) is 4.99 Å². The highest BCUT2D eigenvalue weighted by atomic mass is 35.5. The van der Waals surface area contributed by atoms with Crippen molar-refractivity contribution in [1.29, 1.82) is 0 Å². The van der Waals surface area contributed by atoms with Crippen molar-refractivity contribution in [3.8, 4) is 0 Å². The van der Waals surface area contributed by atoms with Crippen molar-refractivity contribution in [3.63, 3.8) is 0 Å². The van der Waals surface area contributed by atoms with Gasteiger partial charge < -0.3 is 5.73 Å². The molecule has 0 atom stereocenters. The van der Waals surface area contributed by atoms with Gasteiger partial charge in [-0.15, -0.1) is 0 Å². The molecule has 0 aliphatic carbocycles. The average molecular weight is 326 g/mol. The molecule has 0 fully saturated rings. The molecule has 0 unspecified atom stereocenters. The van der Waals surface area contributed by atoms with Gasteiger partial charge in [-0.05, 0) is 54.1 Å². The lowest BCUT2D eigenvalue weighted by molar-refractivity contribution is 1.48. The van der Waals surface area contributed by atoms with E-state index < -0.39 is 0 Å². The van der Waals surface area contributed by atoms with Crippen molar-refractivity contribution < 1.29 is 0 Å². The van der Waals surface area contributed by atoms with E-state index in [2.05, 4.69) is 4.99 Å². The maximum Gasteiger partial charge on any atom is 0.124 e. The molecule has 0 saturated heterocycles. The molecule has 0 bridgehead atoms. The van der Waals surface area contributed by atoms with E-state index in [0.29, 0.717) is 20.9 Å². The Kier molecular flexibility index (Phi) is 5.07. The van der Waals surface area contributed by atoms with Gasteiger partial charge in [0.25, 0.3) is 0 Å². The Morgan fingerprint density at radius 2 is 1.60 bits per heavy atom. The summed E-state index contributed by atoms with van der Waals surface area (Å²) in [4.78, 5) is 4.24. The van der Waals surface area contributed by atoms with Gasteiger partial charge in [-0.3, -0.25) is 0 Å². The summed E-state index contributed by atoms with van der Waals surface area (Å²) in [5.41, 5.74) is 7.39. The second kappa shape index (κ2) is 6.80. The molecular weight excluding hydrogens is 315 g/mol. The summed E-state index contributed by atoms with van der Waals surface area (Å²) in [6.07, 6.45) is 3.47.